The van der Waals surface area contributed by atoms with Gasteiger partial charge in [0.1, 0.15) is 11.9 Å². The molecular weight excluding hydrogens is 517 g/mol. The van der Waals surface area contributed by atoms with E-state index in [0.717, 1.165) is 5.56 Å². The van der Waals surface area contributed by atoms with Crippen molar-refractivity contribution in [3.8, 4) is 0 Å². The van der Waals surface area contributed by atoms with Crippen molar-refractivity contribution in [2.45, 2.75) is 24.8 Å². The molecule has 0 aromatic heterocycles. The fourth-order valence-corrected chi connectivity index (χ4v) is 5.26. The smallest absolute Gasteiger partial charge is 0.414 e. The molecule has 0 bridgehead atoms. The first kappa shape index (κ1) is 27.3. The van der Waals surface area contributed by atoms with Gasteiger partial charge in [-0.25, -0.2) is 22.3 Å². The Morgan fingerprint density at radius 2 is 1.76 bits per heavy atom. The summed E-state index contributed by atoms with van der Waals surface area (Å²) in [6.07, 6.45) is -1.14. The highest BCUT2D eigenvalue weighted by Gasteiger charge is 2.33. The molecule has 3 amide bonds. The van der Waals surface area contributed by atoms with E-state index in [2.05, 4.69) is 10.0 Å². The number of ether oxygens (including phenoxy) is 1. The van der Waals surface area contributed by atoms with E-state index in [4.69, 9.17) is 4.74 Å². The number of hydrogen-bond donors (Lipinski definition) is 2. The minimum Gasteiger partial charge on any atom is -0.442 e. The second kappa shape index (κ2) is 11.4. The molecule has 2 heterocycles. The SMILES string of the molecule is CC(=O)NC[C@H]1CN(c2ccc(N3CCN(C(=O)CNS(=O)(=O)c4ccc(C)cc4)CC3)c(F)c2)C(=O)O1. The summed E-state index contributed by atoms with van der Waals surface area (Å²) in [4.78, 5) is 40.6. The van der Waals surface area contributed by atoms with Crippen molar-refractivity contribution in [2.75, 3.05) is 55.6 Å². The number of amides is 3. The number of carbonyl (C=O) groups excluding carboxylic acids is 3. The lowest BCUT2D eigenvalue weighted by atomic mass is 10.2. The maximum atomic E-state index is 15.0. The highest BCUT2D eigenvalue weighted by Crippen LogP contribution is 2.28. The van der Waals surface area contributed by atoms with Crippen LogP contribution in [0.2, 0.25) is 0 Å². The summed E-state index contributed by atoms with van der Waals surface area (Å²) in [5.74, 6) is -1.12. The van der Waals surface area contributed by atoms with Gasteiger partial charge in [-0.05, 0) is 37.3 Å². The van der Waals surface area contributed by atoms with Crippen LogP contribution < -0.4 is 19.8 Å². The van der Waals surface area contributed by atoms with E-state index in [-0.39, 0.29) is 36.3 Å². The minimum absolute atomic E-state index is 0.0880. The molecule has 0 saturated carbocycles. The maximum Gasteiger partial charge on any atom is 0.414 e. The first-order chi connectivity index (χ1) is 18.0. The monoisotopic (exact) mass is 547 g/mol. The molecule has 2 aliphatic rings. The maximum absolute atomic E-state index is 15.0. The molecule has 0 unspecified atom stereocenters. The van der Waals surface area contributed by atoms with Crippen molar-refractivity contribution in [1.82, 2.24) is 14.9 Å². The third-order valence-corrected chi connectivity index (χ3v) is 7.83. The van der Waals surface area contributed by atoms with E-state index < -0.39 is 28.0 Å². The lowest BCUT2D eigenvalue weighted by molar-refractivity contribution is -0.130. The van der Waals surface area contributed by atoms with Gasteiger partial charge < -0.3 is 19.9 Å². The van der Waals surface area contributed by atoms with Crippen molar-refractivity contribution in [1.29, 1.82) is 0 Å². The van der Waals surface area contributed by atoms with E-state index in [1.807, 2.05) is 6.92 Å². The lowest BCUT2D eigenvalue weighted by Gasteiger charge is -2.36. The average Bonchev–Trinajstić information content (AvgIpc) is 3.27. The van der Waals surface area contributed by atoms with Crippen molar-refractivity contribution >= 4 is 39.3 Å². The fraction of sp³-hybridized carbons (Fsp3) is 0.400. The number of anilines is 2. The van der Waals surface area contributed by atoms with Gasteiger partial charge in [-0.15, -0.1) is 0 Å². The third-order valence-electron chi connectivity index (χ3n) is 6.41. The van der Waals surface area contributed by atoms with Gasteiger partial charge in [0.15, 0.2) is 0 Å². The molecule has 13 heteroatoms. The topological polar surface area (TPSA) is 128 Å². The molecule has 0 radical (unpaired) electrons. The summed E-state index contributed by atoms with van der Waals surface area (Å²) in [6, 6.07) is 10.8. The van der Waals surface area contributed by atoms with E-state index in [0.29, 0.717) is 37.6 Å². The first-order valence-electron chi connectivity index (χ1n) is 12.1. The van der Waals surface area contributed by atoms with Gasteiger partial charge in [-0.3, -0.25) is 14.5 Å². The number of nitrogens with zero attached hydrogens (tertiary/aromatic N) is 3. The number of aryl methyl sites for hydroxylation is 1. The third kappa shape index (κ3) is 6.40. The molecule has 38 heavy (non-hydrogen) atoms. The minimum atomic E-state index is -3.81. The van der Waals surface area contributed by atoms with E-state index in [1.54, 1.807) is 29.2 Å². The molecule has 2 aromatic rings. The normalized spacial score (nSPS) is 17.9. The second-order valence-electron chi connectivity index (χ2n) is 9.19. The zero-order chi connectivity index (χ0) is 27.4. The van der Waals surface area contributed by atoms with Gasteiger partial charge in [-0.2, -0.15) is 0 Å². The van der Waals surface area contributed by atoms with Gasteiger partial charge in [-0.1, -0.05) is 17.7 Å². The highest BCUT2D eigenvalue weighted by atomic mass is 32.2. The molecular formula is C25H30FN5O6S. The molecule has 0 spiro atoms. The lowest BCUT2D eigenvalue weighted by Crippen LogP contribution is -2.51. The first-order valence-corrected chi connectivity index (χ1v) is 13.6. The number of halogens is 1. The predicted molar refractivity (Wildman–Crippen MR) is 138 cm³/mol. The van der Waals surface area contributed by atoms with Gasteiger partial charge in [0.05, 0.1) is 35.9 Å². The number of nitrogens with one attached hydrogen (secondary N) is 2. The van der Waals surface area contributed by atoms with Gasteiger partial charge >= 0.3 is 6.09 Å². The molecule has 4 rings (SSSR count). The summed E-state index contributed by atoms with van der Waals surface area (Å²) in [7, 11) is -3.81. The standard InChI is InChI=1S/C25H30FN5O6S/c1-17-3-6-21(7-4-17)38(35,36)28-15-24(33)30-11-9-29(10-12-30)23-8-5-19(13-22(23)26)31-16-20(37-25(31)34)14-27-18(2)32/h3-8,13,20,28H,9-12,14-16H2,1-2H3,(H,27,32)/t20-/m0/s1. The van der Waals surface area contributed by atoms with Crippen LogP contribution in [0.5, 0.6) is 0 Å². The van der Waals surface area contributed by atoms with E-state index in [1.165, 1.54) is 34.9 Å². The number of sulfonamides is 1. The molecule has 2 aromatic carbocycles. The van der Waals surface area contributed by atoms with Crippen molar-refractivity contribution in [3.05, 3.63) is 53.8 Å². The highest BCUT2D eigenvalue weighted by molar-refractivity contribution is 7.89. The van der Waals surface area contributed by atoms with Crippen molar-refractivity contribution in [3.63, 3.8) is 0 Å². The van der Waals surface area contributed by atoms with Crippen LogP contribution in [-0.4, -0.2) is 83.1 Å². The summed E-state index contributed by atoms with van der Waals surface area (Å²) in [5.41, 5.74) is 1.61. The summed E-state index contributed by atoms with van der Waals surface area (Å²) in [5, 5.41) is 2.59. The fourth-order valence-electron chi connectivity index (χ4n) is 4.28. The van der Waals surface area contributed by atoms with Crippen molar-refractivity contribution in [2.24, 2.45) is 0 Å². The Kier molecular flexibility index (Phi) is 8.17. The molecule has 2 N–H and O–H groups in total. The molecule has 2 aliphatic heterocycles. The number of carbonyl (C=O) groups is 3. The number of hydrogen-bond acceptors (Lipinski definition) is 7. The number of benzene rings is 2. The average molecular weight is 548 g/mol. The van der Waals surface area contributed by atoms with Crippen LogP contribution in [-0.2, 0) is 24.3 Å². The number of cyclic esters (lactones) is 1. The van der Waals surface area contributed by atoms with Gasteiger partial charge in [0.25, 0.3) is 0 Å². The molecule has 204 valence electrons. The summed E-state index contributed by atoms with van der Waals surface area (Å²) < 4.78 is 47.5. The van der Waals surface area contributed by atoms with Crippen LogP contribution in [0.25, 0.3) is 0 Å². The zero-order valence-corrected chi connectivity index (χ0v) is 22.0. The molecule has 1 atom stereocenters. The Labute approximate surface area is 220 Å². The Morgan fingerprint density at radius 1 is 1.08 bits per heavy atom. The van der Waals surface area contributed by atoms with E-state index >= 15 is 4.39 Å². The Bertz CT molecular complexity index is 1310. The Balaban J connectivity index is 1.30. The summed E-state index contributed by atoms with van der Waals surface area (Å²) >= 11 is 0. The number of rotatable bonds is 8. The largest absolute Gasteiger partial charge is 0.442 e. The van der Waals surface area contributed by atoms with Crippen LogP contribution in [0.1, 0.15) is 12.5 Å². The second-order valence-corrected chi connectivity index (χ2v) is 11.0. The Morgan fingerprint density at radius 3 is 2.39 bits per heavy atom. The molecule has 2 saturated heterocycles. The van der Waals surface area contributed by atoms with E-state index in [9.17, 15) is 22.8 Å². The number of piperazine rings is 1. The Hall–Kier alpha value is -3.71. The zero-order valence-electron chi connectivity index (χ0n) is 21.1. The quantitative estimate of drug-likeness (QED) is 0.509. The van der Waals surface area contributed by atoms with Crippen LogP contribution in [0.15, 0.2) is 47.4 Å². The van der Waals surface area contributed by atoms with Gasteiger partial charge in [0.2, 0.25) is 21.8 Å². The van der Waals surface area contributed by atoms with Crippen LogP contribution >= 0.6 is 0 Å². The van der Waals surface area contributed by atoms with Crippen molar-refractivity contribution < 1.29 is 31.9 Å². The van der Waals surface area contributed by atoms with Crippen LogP contribution in [0.4, 0.5) is 20.6 Å². The van der Waals surface area contributed by atoms with Crippen LogP contribution in [0, 0.1) is 12.7 Å². The van der Waals surface area contributed by atoms with Gasteiger partial charge in [0, 0.05) is 33.1 Å². The van der Waals surface area contributed by atoms with Crippen LogP contribution in [0.3, 0.4) is 0 Å². The molecule has 2 fully saturated rings. The predicted octanol–water partition coefficient (Wildman–Crippen LogP) is 1.22. The molecule has 11 nitrogen and oxygen atoms in total. The molecule has 0 aliphatic carbocycles. The summed E-state index contributed by atoms with van der Waals surface area (Å²) in [6.45, 7) is 4.53.